The van der Waals surface area contributed by atoms with Crippen LogP contribution in [0.15, 0.2) is 41.6 Å². The van der Waals surface area contributed by atoms with Crippen molar-refractivity contribution in [3.8, 4) is 0 Å². The van der Waals surface area contributed by atoms with E-state index >= 15 is 0 Å². The van der Waals surface area contributed by atoms with Crippen molar-refractivity contribution < 1.29 is 5.11 Å². The molecular weight excluding hydrogens is 272 g/mol. The minimum Gasteiger partial charge on any atom is -0.394 e. The molecule has 0 saturated carbocycles. The van der Waals surface area contributed by atoms with Gasteiger partial charge in [-0.2, -0.15) is 0 Å². The van der Waals surface area contributed by atoms with Crippen molar-refractivity contribution in [2.75, 3.05) is 30.5 Å². The molecule has 0 radical (unpaired) electrons. The summed E-state index contributed by atoms with van der Waals surface area (Å²) in [5, 5.41) is 16.5. The van der Waals surface area contributed by atoms with Crippen LogP contribution in [0.2, 0.25) is 0 Å². The van der Waals surface area contributed by atoms with Crippen LogP contribution in [0, 0.1) is 0 Å². The zero-order chi connectivity index (χ0) is 14.4. The lowest BCUT2D eigenvalue weighted by Gasteiger charge is -2.18. The first-order valence-corrected chi connectivity index (χ1v) is 7.52. The second-order valence-electron chi connectivity index (χ2n) is 4.17. The fourth-order valence-electron chi connectivity index (χ4n) is 1.82. The Morgan fingerprint density at radius 1 is 1.20 bits per heavy atom. The predicted octanol–water partition coefficient (Wildman–Crippen LogP) is 2.39. The SMILES string of the molecule is CNc1cc(NC(CO)c2ccccc2)nc(SC)n1. The highest BCUT2D eigenvalue weighted by Gasteiger charge is 2.12. The van der Waals surface area contributed by atoms with E-state index in [1.54, 1.807) is 0 Å². The Kier molecular flexibility index (Phi) is 5.20. The Balaban J connectivity index is 2.23. The normalized spacial score (nSPS) is 11.9. The number of hydrogen-bond donors (Lipinski definition) is 3. The van der Waals surface area contributed by atoms with Gasteiger partial charge in [0.1, 0.15) is 11.6 Å². The highest BCUT2D eigenvalue weighted by Crippen LogP contribution is 2.21. The van der Waals surface area contributed by atoms with E-state index in [1.807, 2.05) is 49.7 Å². The predicted molar refractivity (Wildman–Crippen MR) is 83.3 cm³/mol. The second kappa shape index (κ2) is 7.12. The molecule has 0 fully saturated rings. The molecule has 0 aliphatic rings. The number of benzene rings is 1. The first-order valence-electron chi connectivity index (χ1n) is 6.30. The summed E-state index contributed by atoms with van der Waals surface area (Å²) in [7, 11) is 1.82. The van der Waals surface area contributed by atoms with Gasteiger partial charge in [-0.3, -0.25) is 0 Å². The lowest BCUT2D eigenvalue weighted by atomic mass is 10.1. The third-order valence-electron chi connectivity index (χ3n) is 2.85. The van der Waals surface area contributed by atoms with Crippen molar-refractivity contribution >= 4 is 23.4 Å². The first-order chi connectivity index (χ1) is 9.76. The number of thioether (sulfide) groups is 1. The van der Waals surface area contributed by atoms with Crippen LogP contribution in [-0.4, -0.2) is 35.0 Å². The van der Waals surface area contributed by atoms with Gasteiger partial charge in [-0.15, -0.1) is 0 Å². The number of aliphatic hydroxyl groups excluding tert-OH is 1. The van der Waals surface area contributed by atoms with E-state index in [2.05, 4.69) is 20.6 Å². The Bertz CT molecular complexity index is 528. The molecule has 3 N–H and O–H groups in total. The van der Waals surface area contributed by atoms with Gasteiger partial charge in [0.05, 0.1) is 12.6 Å². The molecule has 1 atom stereocenters. The van der Waals surface area contributed by atoms with Gasteiger partial charge in [-0.05, 0) is 11.8 Å². The van der Waals surface area contributed by atoms with Crippen LogP contribution in [-0.2, 0) is 0 Å². The molecule has 2 rings (SSSR count). The Morgan fingerprint density at radius 2 is 1.90 bits per heavy atom. The number of nitrogens with zero attached hydrogens (tertiary/aromatic N) is 2. The Morgan fingerprint density at radius 3 is 2.50 bits per heavy atom. The molecule has 20 heavy (non-hydrogen) atoms. The molecule has 1 heterocycles. The first kappa shape index (κ1) is 14.6. The van der Waals surface area contributed by atoms with Gasteiger partial charge in [0.25, 0.3) is 0 Å². The van der Waals surface area contributed by atoms with E-state index in [1.165, 1.54) is 11.8 Å². The van der Waals surface area contributed by atoms with Gasteiger partial charge in [0, 0.05) is 13.1 Å². The maximum atomic E-state index is 9.57. The van der Waals surface area contributed by atoms with Crippen LogP contribution in [0.1, 0.15) is 11.6 Å². The van der Waals surface area contributed by atoms with E-state index < -0.39 is 0 Å². The lowest BCUT2D eigenvalue weighted by molar-refractivity contribution is 0.276. The van der Waals surface area contributed by atoms with Gasteiger partial charge >= 0.3 is 0 Å². The standard InChI is InChI=1S/C14H18N4OS/c1-15-12-8-13(18-14(17-12)20-2)16-11(9-19)10-6-4-3-5-7-10/h3-8,11,19H,9H2,1-2H3,(H2,15,16,17,18). The van der Waals surface area contributed by atoms with Crippen LogP contribution >= 0.6 is 11.8 Å². The number of hydrogen-bond acceptors (Lipinski definition) is 6. The summed E-state index contributed by atoms with van der Waals surface area (Å²) in [6.45, 7) is -0.00248. The molecule has 0 amide bonds. The molecule has 0 bridgehead atoms. The van der Waals surface area contributed by atoms with Gasteiger partial charge in [-0.1, -0.05) is 42.1 Å². The third-order valence-corrected chi connectivity index (χ3v) is 3.40. The molecule has 6 heteroatoms. The largest absolute Gasteiger partial charge is 0.394 e. The average molecular weight is 290 g/mol. The summed E-state index contributed by atoms with van der Waals surface area (Å²) < 4.78 is 0. The third kappa shape index (κ3) is 3.61. The minimum absolute atomic E-state index is 0.00248. The van der Waals surface area contributed by atoms with E-state index in [4.69, 9.17) is 0 Å². The smallest absolute Gasteiger partial charge is 0.191 e. The number of nitrogens with one attached hydrogen (secondary N) is 2. The van der Waals surface area contributed by atoms with E-state index in [0.29, 0.717) is 11.0 Å². The highest BCUT2D eigenvalue weighted by atomic mass is 32.2. The summed E-state index contributed by atoms with van der Waals surface area (Å²) in [4.78, 5) is 8.72. The molecule has 106 valence electrons. The van der Waals surface area contributed by atoms with Gasteiger partial charge in [-0.25, -0.2) is 9.97 Å². The summed E-state index contributed by atoms with van der Waals surface area (Å²) in [5.41, 5.74) is 1.02. The number of anilines is 2. The van der Waals surface area contributed by atoms with Crippen LogP contribution in [0.4, 0.5) is 11.6 Å². The van der Waals surface area contributed by atoms with Crippen molar-refractivity contribution in [2.24, 2.45) is 0 Å². The van der Waals surface area contributed by atoms with Crippen LogP contribution in [0.5, 0.6) is 0 Å². The van der Waals surface area contributed by atoms with Crippen LogP contribution < -0.4 is 10.6 Å². The number of aliphatic hydroxyl groups is 1. The summed E-state index contributed by atoms with van der Waals surface area (Å²) in [5.74, 6) is 1.44. The molecule has 2 aromatic rings. The Labute approximate surface area is 122 Å². The maximum Gasteiger partial charge on any atom is 0.191 e. The van der Waals surface area contributed by atoms with Crippen LogP contribution in [0.25, 0.3) is 0 Å². The fraction of sp³-hybridized carbons (Fsp3) is 0.286. The number of aromatic nitrogens is 2. The molecular formula is C14H18N4OS. The molecule has 1 aromatic carbocycles. The highest BCUT2D eigenvalue weighted by molar-refractivity contribution is 7.98. The number of rotatable bonds is 6. The minimum atomic E-state index is -0.189. The fourth-order valence-corrected chi connectivity index (χ4v) is 2.20. The summed E-state index contributed by atoms with van der Waals surface area (Å²) in [6, 6.07) is 11.4. The average Bonchev–Trinajstić information content (AvgIpc) is 2.53. The van der Waals surface area contributed by atoms with E-state index in [-0.39, 0.29) is 12.6 Å². The lowest BCUT2D eigenvalue weighted by Crippen LogP contribution is -2.16. The van der Waals surface area contributed by atoms with Crippen LogP contribution in [0.3, 0.4) is 0 Å². The van der Waals surface area contributed by atoms with Crippen molar-refractivity contribution in [3.05, 3.63) is 42.0 Å². The molecule has 1 aromatic heterocycles. The molecule has 1 unspecified atom stereocenters. The van der Waals surface area contributed by atoms with Crippen molar-refractivity contribution in [2.45, 2.75) is 11.2 Å². The van der Waals surface area contributed by atoms with Crippen molar-refractivity contribution in [3.63, 3.8) is 0 Å². The quantitative estimate of drug-likeness (QED) is 0.560. The molecule has 0 spiro atoms. The molecule has 0 aliphatic carbocycles. The summed E-state index contributed by atoms with van der Waals surface area (Å²) in [6.07, 6.45) is 1.93. The second-order valence-corrected chi connectivity index (χ2v) is 4.94. The zero-order valence-electron chi connectivity index (χ0n) is 11.5. The monoisotopic (exact) mass is 290 g/mol. The molecule has 0 aliphatic heterocycles. The van der Waals surface area contributed by atoms with Gasteiger partial charge < -0.3 is 15.7 Å². The van der Waals surface area contributed by atoms with Crippen molar-refractivity contribution in [1.82, 2.24) is 9.97 Å². The topological polar surface area (TPSA) is 70.1 Å². The molecule has 5 nitrogen and oxygen atoms in total. The van der Waals surface area contributed by atoms with Gasteiger partial charge in [0.2, 0.25) is 0 Å². The van der Waals surface area contributed by atoms with Gasteiger partial charge in [0.15, 0.2) is 5.16 Å². The Hall–Kier alpha value is -1.79. The maximum absolute atomic E-state index is 9.57. The zero-order valence-corrected chi connectivity index (χ0v) is 12.3. The van der Waals surface area contributed by atoms with E-state index in [9.17, 15) is 5.11 Å². The molecule has 0 saturated heterocycles. The summed E-state index contributed by atoms with van der Waals surface area (Å²) >= 11 is 1.48. The van der Waals surface area contributed by atoms with E-state index in [0.717, 1.165) is 11.4 Å². The van der Waals surface area contributed by atoms with Crippen molar-refractivity contribution in [1.29, 1.82) is 0 Å².